The SMILES string of the molecule is Cc1nc2cc(CCC(=O)Nc3cccc(C(F)(F)F)c3)ccc2s1. The summed E-state index contributed by atoms with van der Waals surface area (Å²) in [4.78, 5) is 16.4. The van der Waals surface area contributed by atoms with Crippen LogP contribution in [0.1, 0.15) is 22.6 Å². The largest absolute Gasteiger partial charge is 0.416 e. The highest BCUT2D eigenvalue weighted by Crippen LogP contribution is 2.30. The van der Waals surface area contributed by atoms with Gasteiger partial charge in [-0.2, -0.15) is 13.2 Å². The summed E-state index contributed by atoms with van der Waals surface area (Å²) in [5.74, 6) is -0.325. The van der Waals surface area contributed by atoms with Crippen LogP contribution in [0.5, 0.6) is 0 Å². The van der Waals surface area contributed by atoms with Gasteiger partial charge in [-0.1, -0.05) is 12.1 Å². The van der Waals surface area contributed by atoms with Crippen molar-refractivity contribution in [3.63, 3.8) is 0 Å². The van der Waals surface area contributed by atoms with Gasteiger partial charge in [0.15, 0.2) is 0 Å². The molecule has 0 spiro atoms. The van der Waals surface area contributed by atoms with E-state index in [1.54, 1.807) is 11.3 Å². The summed E-state index contributed by atoms with van der Waals surface area (Å²) in [6.07, 6.45) is -3.75. The van der Waals surface area contributed by atoms with Crippen molar-refractivity contribution in [1.29, 1.82) is 0 Å². The third-order valence-corrected chi connectivity index (χ3v) is 4.63. The van der Waals surface area contributed by atoms with Crippen LogP contribution in [0.2, 0.25) is 0 Å². The van der Waals surface area contributed by atoms with Crippen LogP contribution in [0.15, 0.2) is 42.5 Å². The summed E-state index contributed by atoms with van der Waals surface area (Å²) >= 11 is 1.61. The van der Waals surface area contributed by atoms with Crippen molar-refractivity contribution in [1.82, 2.24) is 4.98 Å². The van der Waals surface area contributed by atoms with E-state index in [2.05, 4.69) is 10.3 Å². The first kappa shape index (κ1) is 17.4. The molecule has 1 aromatic heterocycles. The van der Waals surface area contributed by atoms with Crippen LogP contribution in [0.25, 0.3) is 10.2 Å². The van der Waals surface area contributed by atoms with Crippen LogP contribution in [-0.2, 0) is 17.4 Å². The smallest absolute Gasteiger partial charge is 0.326 e. The Bertz CT molecular complexity index is 918. The Balaban J connectivity index is 1.62. The van der Waals surface area contributed by atoms with Gasteiger partial charge >= 0.3 is 6.18 Å². The number of nitrogens with zero attached hydrogens (tertiary/aromatic N) is 1. The Morgan fingerprint density at radius 2 is 2.00 bits per heavy atom. The average molecular weight is 364 g/mol. The summed E-state index contributed by atoms with van der Waals surface area (Å²) in [6, 6.07) is 10.5. The molecular weight excluding hydrogens is 349 g/mol. The lowest BCUT2D eigenvalue weighted by Gasteiger charge is -2.10. The first-order valence-electron chi connectivity index (χ1n) is 7.64. The van der Waals surface area contributed by atoms with E-state index < -0.39 is 11.7 Å². The van der Waals surface area contributed by atoms with Crippen LogP contribution in [0, 0.1) is 6.92 Å². The number of hydrogen-bond acceptors (Lipinski definition) is 3. The monoisotopic (exact) mass is 364 g/mol. The molecule has 25 heavy (non-hydrogen) atoms. The number of rotatable bonds is 4. The lowest BCUT2D eigenvalue weighted by atomic mass is 10.1. The molecule has 0 unspecified atom stereocenters. The maximum Gasteiger partial charge on any atom is 0.416 e. The fraction of sp³-hybridized carbons (Fsp3) is 0.222. The molecular formula is C18H15F3N2OS. The van der Waals surface area contributed by atoms with Gasteiger partial charge in [0.1, 0.15) is 0 Å². The predicted molar refractivity (Wildman–Crippen MR) is 92.8 cm³/mol. The van der Waals surface area contributed by atoms with Crippen LogP contribution in [0.3, 0.4) is 0 Å². The molecule has 0 fully saturated rings. The lowest BCUT2D eigenvalue weighted by Crippen LogP contribution is -2.13. The molecule has 0 atom stereocenters. The summed E-state index contributed by atoms with van der Waals surface area (Å²) < 4.78 is 39.2. The quantitative estimate of drug-likeness (QED) is 0.692. The number of carbonyl (C=O) groups excluding carboxylic acids is 1. The molecule has 0 aliphatic heterocycles. The van der Waals surface area contributed by atoms with Gasteiger partial charge in [-0.3, -0.25) is 4.79 Å². The number of hydrogen-bond donors (Lipinski definition) is 1. The summed E-state index contributed by atoms with van der Waals surface area (Å²) in [5, 5.41) is 3.49. The maximum absolute atomic E-state index is 12.7. The minimum Gasteiger partial charge on any atom is -0.326 e. The highest BCUT2D eigenvalue weighted by molar-refractivity contribution is 7.18. The number of anilines is 1. The van der Waals surface area contributed by atoms with Gasteiger partial charge in [-0.25, -0.2) is 4.98 Å². The third-order valence-electron chi connectivity index (χ3n) is 3.67. The number of amides is 1. The minimum atomic E-state index is -4.43. The highest BCUT2D eigenvalue weighted by Gasteiger charge is 2.30. The normalized spacial score (nSPS) is 11.7. The third kappa shape index (κ3) is 4.36. The number of fused-ring (bicyclic) bond motifs is 1. The Kier molecular flexibility index (Phi) is 4.76. The Labute approximate surface area is 146 Å². The second kappa shape index (κ2) is 6.84. The second-order valence-electron chi connectivity index (χ2n) is 5.66. The van der Waals surface area contributed by atoms with Gasteiger partial charge in [0, 0.05) is 12.1 Å². The summed E-state index contributed by atoms with van der Waals surface area (Å²) in [6.45, 7) is 1.94. The van der Waals surface area contributed by atoms with Crippen molar-refractivity contribution in [3.8, 4) is 0 Å². The van der Waals surface area contributed by atoms with Crippen molar-refractivity contribution in [3.05, 3.63) is 58.6 Å². The first-order chi connectivity index (χ1) is 11.8. The van der Waals surface area contributed by atoms with E-state index in [1.807, 2.05) is 25.1 Å². The molecule has 1 heterocycles. The fourth-order valence-corrected chi connectivity index (χ4v) is 3.31. The van der Waals surface area contributed by atoms with Crippen LogP contribution in [-0.4, -0.2) is 10.9 Å². The van der Waals surface area contributed by atoms with E-state index >= 15 is 0 Å². The van der Waals surface area contributed by atoms with Gasteiger partial charge in [-0.05, 0) is 49.2 Å². The zero-order chi connectivity index (χ0) is 18.0. The Morgan fingerprint density at radius 3 is 2.76 bits per heavy atom. The second-order valence-corrected chi connectivity index (χ2v) is 6.90. The molecule has 1 amide bonds. The molecule has 0 radical (unpaired) electrons. The van der Waals surface area contributed by atoms with Gasteiger partial charge in [0.05, 0.1) is 20.8 Å². The molecule has 0 bridgehead atoms. The number of alkyl halides is 3. The molecule has 130 valence electrons. The van der Waals surface area contributed by atoms with Crippen molar-refractivity contribution < 1.29 is 18.0 Å². The first-order valence-corrected chi connectivity index (χ1v) is 8.46. The fourth-order valence-electron chi connectivity index (χ4n) is 2.50. The van der Waals surface area contributed by atoms with Gasteiger partial charge in [-0.15, -0.1) is 11.3 Å². The zero-order valence-corrected chi connectivity index (χ0v) is 14.2. The van der Waals surface area contributed by atoms with E-state index in [4.69, 9.17) is 0 Å². The van der Waals surface area contributed by atoms with Gasteiger partial charge in [0.2, 0.25) is 5.91 Å². The molecule has 0 aliphatic rings. The molecule has 3 nitrogen and oxygen atoms in total. The lowest BCUT2D eigenvalue weighted by molar-refractivity contribution is -0.137. The van der Waals surface area contributed by atoms with Crippen molar-refractivity contribution >= 4 is 33.1 Å². The van der Waals surface area contributed by atoms with Crippen molar-refractivity contribution in [2.45, 2.75) is 25.9 Å². The molecule has 0 aliphatic carbocycles. The van der Waals surface area contributed by atoms with Crippen molar-refractivity contribution in [2.75, 3.05) is 5.32 Å². The van der Waals surface area contributed by atoms with Crippen LogP contribution >= 0.6 is 11.3 Å². The van der Waals surface area contributed by atoms with Crippen LogP contribution < -0.4 is 5.32 Å². The molecule has 3 rings (SSSR count). The number of aromatic nitrogens is 1. The van der Waals surface area contributed by atoms with Gasteiger partial charge in [0.25, 0.3) is 0 Å². The standard InChI is InChI=1S/C18H15F3N2OS/c1-11-22-15-9-12(5-7-16(15)25-11)6-8-17(24)23-14-4-2-3-13(10-14)18(19,20)21/h2-5,7,9-10H,6,8H2,1H3,(H,23,24). The number of halogens is 3. The van der Waals surface area contributed by atoms with E-state index in [1.165, 1.54) is 12.1 Å². The molecule has 1 N–H and O–H groups in total. The van der Waals surface area contributed by atoms with Crippen LogP contribution in [0.4, 0.5) is 18.9 Å². The van der Waals surface area contributed by atoms with E-state index in [0.717, 1.165) is 32.9 Å². The zero-order valence-electron chi connectivity index (χ0n) is 13.4. The molecule has 7 heteroatoms. The number of aryl methyl sites for hydroxylation is 2. The summed E-state index contributed by atoms with van der Waals surface area (Å²) in [5.41, 5.74) is 1.23. The molecule has 3 aromatic rings. The van der Waals surface area contributed by atoms with E-state index in [0.29, 0.717) is 6.42 Å². The number of carbonyl (C=O) groups is 1. The Hall–Kier alpha value is -2.41. The molecule has 2 aromatic carbocycles. The predicted octanol–water partition coefficient (Wildman–Crippen LogP) is 5.19. The van der Waals surface area contributed by atoms with Gasteiger partial charge < -0.3 is 5.32 Å². The highest BCUT2D eigenvalue weighted by atomic mass is 32.1. The summed E-state index contributed by atoms with van der Waals surface area (Å²) in [7, 11) is 0. The average Bonchev–Trinajstić information content (AvgIpc) is 2.91. The molecule has 0 saturated carbocycles. The maximum atomic E-state index is 12.7. The topological polar surface area (TPSA) is 42.0 Å². The Morgan fingerprint density at radius 1 is 1.20 bits per heavy atom. The number of thiazole rings is 1. The number of benzene rings is 2. The van der Waals surface area contributed by atoms with E-state index in [9.17, 15) is 18.0 Å². The molecule has 0 saturated heterocycles. The number of nitrogens with one attached hydrogen (secondary N) is 1. The van der Waals surface area contributed by atoms with Crippen molar-refractivity contribution in [2.24, 2.45) is 0 Å². The van der Waals surface area contributed by atoms with E-state index in [-0.39, 0.29) is 18.0 Å². The minimum absolute atomic E-state index is 0.144.